The maximum absolute atomic E-state index is 13.2. The summed E-state index contributed by atoms with van der Waals surface area (Å²) in [6, 6.07) is 1.62. The molecular formula is C8H7FN4. The Morgan fingerprint density at radius 2 is 2.38 bits per heavy atom. The van der Waals surface area contributed by atoms with Crippen molar-refractivity contribution in [2.24, 2.45) is 4.99 Å². The van der Waals surface area contributed by atoms with Crippen LogP contribution in [0, 0.1) is 0 Å². The number of nitrogens with zero attached hydrogens (tertiary/aromatic N) is 4. The molecule has 1 unspecified atom stereocenters. The van der Waals surface area contributed by atoms with E-state index in [9.17, 15) is 4.39 Å². The van der Waals surface area contributed by atoms with E-state index in [4.69, 9.17) is 0 Å². The smallest absolute Gasteiger partial charge is 0.199 e. The summed E-state index contributed by atoms with van der Waals surface area (Å²) >= 11 is 0. The lowest BCUT2D eigenvalue weighted by atomic mass is 10.4. The number of rotatable bonds is 1. The third-order valence-electron chi connectivity index (χ3n) is 1.62. The van der Waals surface area contributed by atoms with Crippen LogP contribution in [-0.4, -0.2) is 22.6 Å². The Morgan fingerprint density at radius 3 is 3.08 bits per heavy atom. The van der Waals surface area contributed by atoms with Crippen LogP contribution in [-0.2, 0) is 0 Å². The fourth-order valence-corrected chi connectivity index (χ4v) is 1.01. The molecule has 4 nitrogen and oxygen atoms in total. The second kappa shape index (κ2) is 3.30. The molecule has 0 aromatic carbocycles. The van der Waals surface area contributed by atoms with Crippen molar-refractivity contribution in [1.29, 1.82) is 0 Å². The summed E-state index contributed by atoms with van der Waals surface area (Å²) in [6.45, 7) is 0. The Kier molecular flexibility index (Phi) is 1.99. The number of halogens is 1. The molecule has 0 aliphatic carbocycles. The van der Waals surface area contributed by atoms with Gasteiger partial charge in [-0.2, -0.15) is 0 Å². The lowest BCUT2D eigenvalue weighted by Gasteiger charge is -2.21. The molecule has 0 radical (unpaired) electrons. The fraction of sp³-hybridized carbons (Fsp3) is 0.125. The van der Waals surface area contributed by atoms with Crippen LogP contribution < -0.4 is 4.90 Å². The predicted molar refractivity (Wildman–Crippen MR) is 47.0 cm³/mol. The van der Waals surface area contributed by atoms with E-state index in [1.165, 1.54) is 29.8 Å². The van der Waals surface area contributed by atoms with Gasteiger partial charge in [-0.05, 0) is 12.1 Å². The molecule has 1 aliphatic rings. The Morgan fingerprint density at radius 1 is 1.46 bits per heavy atom. The van der Waals surface area contributed by atoms with Crippen LogP contribution in [0.15, 0.2) is 35.9 Å². The van der Waals surface area contributed by atoms with E-state index in [0.29, 0.717) is 5.82 Å². The van der Waals surface area contributed by atoms with Gasteiger partial charge in [0.1, 0.15) is 12.1 Å². The first-order valence-electron chi connectivity index (χ1n) is 3.76. The first-order valence-corrected chi connectivity index (χ1v) is 3.76. The number of hydrogen-bond acceptors (Lipinski definition) is 4. The van der Waals surface area contributed by atoms with Crippen LogP contribution in [0.1, 0.15) is 0 Å². The quantitative estimate of drug-likeness (QED) is 0.605. The lowest BCUT2D eigenvalue weighted by molar-refractivity contribution is 0.409. The van der Waals surface area contributed by atoms with Crippen LogP contribution in [0.5, 0.6) is 0 Å². The van der Waals surface area contributed by atoms with Gasteiger partial charge in [0.2, 0.25) is 0 Å². The highest BCUT2D eigenvalue weighted by molar-refractivity contribution is 5.79. The molecule has 0 saturated carbocycles. The van der Waals surface area contributed by atoms with Gasteiger partial charge in [0.15, 0.2) is 6.30 Å². The fourth-order valence-electron chi connectivity index (χ4n) is 1.01. The van der Waals surface area contributed by atoms with Crippen molar-refractivity contribution in [2.45, 2.75) is 6.30 Å². The molecule has 0 amide bonds. The molecule has 13 heavy (non-hydrogen) atoms. The van der Waals surface area contributed by atoms with Gasteiger partial charge in [0, 0.05) is 12.4 Å². The van der Waals surface area contributed by atoms with Gasteiger partial charge in [0.05, 0.1) is 6.34 Å². The second-order valence-electron chi connectivity index (χ2n) is 2.45. The zero-order chi connectivity index (χ0) is 9.10. The van der Waals surface area contributed by atoms with Gasteiger partial charge < -0.3 is 0 Å². The topological polar surface area (TPSA) is 41.4 Å². The second-order valence-corrected chi connectivity index (χ2v) is 2.45. The van der Waals surface area contributed by atoms with E-state index >= 15 is 0 Å². The van der Waals surface area contributed by atoms with Crippen molar-refractivity contribution < 1.29 is 4.39 Å². The van der Waals surface area contributed by atoms with Crippen molar-refractivity contribution in [3.05, 3.63) is 30.9 Å². The van der Waals surface area contributed by atoms with Crippen molar-refractivity contribution in [1.82, 2.24) is 9.97 Å². The van der Waals surface area contributed by atoms with Crippen LogP contribution in [0.25, 0.3) is 0 Å². The minimum atomic E-state index is -1.20. The normalized spacial score (nSPS) is 20.7. The molecule has 0 spiro atoms. The van der Waals surface area contributed by atoms with Gasteiger partial charge in [-0.3, -0.25) is 4.90 Å². The molecule has 0 bridgehead atoms. The summed E-state index contributed by atoms with van der Waals surface area (Å²) in [6.07, 6.45) is 5.89. The van der Waals surface area contributed by atoms with Crippen LogP contribution in [0.3, 0.4) is 0 Å². The van der Waals surface area contributed by atoms with Crippen molar-refractivity contribution in [3.8, 4) is 0 Å². The minimum Gasteiger partial charge on any atom is -0.282 e. The standard InChI is InChI=1S/C8H7FN4/c9-7-1-3-11-6-13(7)8-2-4-10-5-12-8/h1-7H. The summed E-state index contributed by atoms with van der Waals surface area (Å²) in [5.74, 6) is 0.496. The van der Waals surface area contributed by atoms with E-state index in [1.807, 2.05) is 0 Å². The van der Waals surface area contributed by atoms with Gasteiger partial charge in [-0.1, -0.05) is 0 Å². The van der Waals surface area contributed by atoms with Gasteiger partial charge >= 0.3 is 0 Å². The number of anilines is 1. The van der Waals surface area contributed by atoms with Crippen LogP contribution in [0.4, 0.5) is 10.2 Å². The SMILES string of the molecule is FC1C=CN=CN1c1ccncn1. The van der Waals surface area contributed by atoms with E-state index in [0.717, 1.165) is 0 Å². The van der Waals surface area contributed by atoms with Gasteiger partial charge in [-0.25, -0.2) is 19.4 Å². The Labute approximate surface area is 74.5 Å². The third kappa shape index (κ3) is 1.53. The van der Waals surface area contributed by atoms with Crippen molar-refractivity contribution in [2.75, 3.05) is 4.90 Å². The Balaban J connectivity index is 2.27. The van der Waals surface area contributed by atoms with Crippen molar-refractivity contribution in [3.63, 3.8) is 0 Å². The third-order valence-corrected chi connectivity index (χ3v) is 1.62. The highest BCUT2D eigenvalue weighted by Gasteiger charge is 2.16. The molecule has 2 rings (SSSR count). The average Bonchev–Trinajstić information content (AvgIpc) is 2.20. The number of aromatic nitrogens is 2. The van der Waals surface area contributed by atoms with Crippen molar-refractivity contribution >= 4 is 12.2 Å². The number of aliphatic imine (C=N–C) groups is 1. The minimum absolute atomic E-state index is 0.496. The zero-order valence-corrected chi connectivity index (χ0v) is 6.71. The lowest BCUT2D eigenvalue weighted by Crippen LogP contribution is -2.31. The molecule has 2 heterocycles. The highest BCUT2D eigenvalue weighted by Crippen LogP contribution is 2.14. The summed E-state index contributed by atoms with van der Waals surface area (Å²) < 4.78 is 13.2. The molecule has 0 fully saturated rings. The molecule has 1 aromatic heterocycles. The summed E-state index contributed by atoms with van der Waals surface area (Å²) in [7, 11) is 0. The summed E-state index contributed by atoms with van der Waals surface area (Å²) in [5, 5.41) is 0. The predicted octanol–water partition coefficient (Wildman–Crippen LogP) is 1.13. The highest BCUT2D eigenvalue weighted by atomic mass is 19.1. The molecule has 1 atom stereocenters. The average molecular weight is 178 g/mol. The van der Waals surface area contributed by atoms with Crippen LogP contribution >= 0.6 is 0 Å². The molecule has 5 heteroatoms. The Hall–Kier alpha value is -1.78. The maximum atomic E-state index is 13.2. The van der Waals surface area contributed by atoms with E-state index in [-0.39, 0.29) is 0 Å². The van der Waals surface area contributed by atoms with Crippen LogP contribution in [0.2, 0.25) is 0 Å². The molecule has 1 aromatic rings. The monoisotopic (exact) mass is 178 g/mol. The summed E-state index contributed by atoms with van der Waals surface area (Å²) in [4.78, 5) is 12.8. The maximum Gasteiger partial charge on any atom is 0.199 e. The first-order chi connectivity index (χ1) is 6.38. The largest absolute Gasteiger partial charge is 0.282 e. The number of alkyl halides is 1. The zero-order valence-electron chi connectivity index (χ0n) is 6.71. The first kappa shape index (κ1) is 7.85. The molecule has 0 saturated heterocycles. The van der Waals surface area contributed by atoms with E-state index in [2.05, 4.69) is 15.0 Å². The number of hydrogen-bond donors (Lipinski definition) is 0. The summed E-state index contributed by atoms with van der Waals surface area (Å²) in [5.41, 5.74) is 0. The van der Waals surface area contributed by atoms with E-state index < -0.39 is 6.30 Å². The molecule has 66 valence electrons. The Bertz CT molecular complexity index is 335. The molecule has 1 aliphatic heterocycles. The van der Waals surface area contributed by atoms with Gasteiger partial charge in [-0.15, -0.1) is 0 Å². The molecule has 0 N–H and O–H groups in total. The van der Waals surface area contributed by atoms with Gasteiger partial charge in [0.25, 0.3) is 0 Å². The van der Waals surface area contributed by atoms with E-state index in [1.54, 1.807) is 12.3 Å². The molecular weight excluding hydrogens is 171 g/mol.